The van der Waals surface area contributed by atoms with Gasteiger partial charge in [0.1, 0.15) is 6.04 Å². The highest BCUT2D eigenvalue weighted by molar-refractivity contribution is 5.87. The molecule has 2 aromatic carbocycles. The summed E-state index contributed by atoms with van der Waals surface area (Å²) in [6.07, 6.45) is 6.79. The van der Waals surface area contributed by atoms with Gasteiger partial charge in [-0.2, -0.15) is 0 Å². The predicted molar refractivity (Wildman–Crippen MR) is 109 cm³/mol. The van der Waals surface area contributed by atoms with E-state index < -0.39 is 12.0 Å². The number of carboxylic acid groups (broad SMARTS) is 1. The van der Waals surface area contributed by atoms with Crippen molar-refractivity contribution in [2.75, 3.05) is 0 Å². The van der Waals surface area contributed by atoms with Gasteiger partial charge in [0.2, 0.25) is 0 Å². The Morgan fingerprint density at radius 2 is 1.89 bits per heavy atom. The minimum Gasteiger partial charge on any atom is -0.478 e. The second kappa shape index (κ2) is 7.31. The number of nitrogens with zero attached hydrogens (tertiary/aromatic N) is 1. The normalized spacial score (nSPS) is 16.5. The van der Waals surface area contributed by atoms with E-state index in [1.165, 1.54) is 16.7 Å². The first-order valence-electron chi connectivity index (χ1n) is 8.97. The van der Waals surface area contributed by atoms with Crippen LogP contribution in [0.15, 0.2) is 59.8 Å². The maximum Gasteiger partial charge on any atom is 0.335 e. The Bertz CT molecular complexity index is 937. The van der Waals surface area contributed by atoms with E-state index >= 15 is 0 Å². The minimum atomic E-state index is -0.959. The van der Waals surface area contributed by atoms with E-state index in [1.807, 2.05) is 6.07 Å². The molecule has 0 bridgehead atoms. The molecule has 0 aliphatic heterocycles. The van der Waals surface area contributed by atoms with Crippen LogP contribution in [0.3, 0.4) is 0 Å². The number of carboxylic acids is 1. The molecule has 0 spiro atoms. The van der Waals surface area contributed by atoms with Crippen LogP contribution in [-0.4, -0.2) is 11.1 Å². The smallest absolute Gasteiger partial charge is 0.335 e. The Morgan fingerprint density at radius 3 is 2.52 bits per heavy atom. The summed E-state index contributed by atoms with van der Waals surface area (Å²) in [5.41, 5.74) is 5.68. The van der Waals surface area contributed by atoms with Gasteiger partial charge in [0.05, 0.1) is 5.56 Å². The highest BCUT2D eigenvalue weighted by atomic mass is 16.4. The fraction of sp³-hybridized carbons (Fsp3) is 0.261. The average Bonchev–Trinajstić information content (AvgIpc) is 2.66. The van der Waals surface area contributed by atoms with Crippen LogP contribution >= 0.6 is 0 Å². The molecule has 0 radical (unpaired) electrons. The molecule has 2 aromatic rings. The van der Waals surface area contributed by atoms with Gasteiger partial charge in [-0.15, -0.1) is 4.91 Å². The summed E-state index contributed by atoms with van der Waals surface area (Å²) in [7, 11) is 0. The second-order valence-corrected chi connectivity index (χ2v) is 7.62. The average molecular weight is 361 g/mol. The molecule has 0 saturated carbocycles. The van der Waals surface area contributed by atoms with Crippen molar-refractivity contribution >= 4 is 17.6 Å². The molecule has 3 rings (SSSR count). The van der Waals surface area contributed by atoms with E-state index in [0.717, 1.165) is 17.5 Å². The van der Waals surface area contributed by atoms with Gasteiger partial charge in [-0.1, -0.05) is 67.6 Å². The van der Waals surface area contributed by atoms with Crippen molar-refractivity contribution in [2.24, 2.45) is 5.18 Å². The third-order valence-corrected chi connectivity index (χ3v) is 5.20. The van der Waals surface area contributed by atoms with E-state index in [1.54, 1.807) is 36.4 Å². The lowest BCUT2D eigenvalue weighted by molar-refractivity contribution is 0.0697. The first kappa shape index (κ1) is 18.8. The number of hydrogen-bond acceptors (Lipinski definition) is 3. The maximum atomic E-state index is 11.5. The zero-order valence-electron chi connectivity index (χ0n) is 15.8. The van der Waals surface area contributed by atoms with Gasteiger partial charge in [0, 0.05) is 0 Å². The molecule has 0 fully saturated rings. The van der Waals surface area contributed by atoms with Gasteiger partial charge >= 0.3 is 5.97 Å². The lowest BCUT2D eigenvalue weighted by atomic mass is 9.73. The third kappa shape index (κ3) is 3.90. The van der Waals surface area contributed by atoms with Gasteiger partial charge in [-0.25, -0.2) is 4.79 Å². The fourth-order valence-electron chi connectivity index (χ4n) is 3.42. The van der Waals surface area contributed by atoms with E-state index in [9.17, 15) is 9.70 Å². The van der Waals surface area contributed by atoms with E-state index in [0.29, 0.717) is 0 Å². The van der Waals surface area contributed by atoms with Gasteiger partial charge in [-0.3, -0.25) is 0 Å². The lowest BCUT2D eigenvalue weighted by Gasteiger charge is -2.32. The number of allylic oxidation sites excluding steroid dienone is 2. The van der Waals surface area contributed by atoms with Crippen LogP contribution in [0.4, 0.5) is 0 Å². The number of hydrogen-bond donors (Lipinski definition) is 1. The molecular weight excluding hydrogens is 338 g/mol. The summed E-state index contributed by atoms with van der Waals surface area (Å²) in [6, 6.07) is 12.1. The highest BCUT2D eigenvalue weighted by Crippen LogP contribution is 2.40. The maximum absolute atomic E-state index is 11.5. The van der Waals surface area contributed by atoms with Gasteiger partial charge in [-0.05, 0) is 58.7 Å². The monoisotopic (exact) mass is 361 g/mol. The van der Waals surface area contributed by atoms with Crippen LogP contribution < -0.4 is 0 Å². The third-order valence-electron chi connectivity index (χ3n) is 5.20. The highest BCUT2D eigenvalue weighted by Gasteiger charge is 2.27. The lowest BCUT2D eigenvalue weighted by Crippen LogP contribution is -2.21. The summed E-state index contributed by atoms with van der Waals surface area (Å²) < 4.78 is 0. The van der Waals surface area contributed by atoms with E-state index in [4.69, 9.17) is 5.11 Å². The molecule has 0 saturated heterocycles. The molecule has 1 N–H and O–H groups in total. The molecule has 1 aliphatic carbocycles. The van der Waals surface area contributed by atoms with Gasteiger partial charge < -0.3 is 5.11 Å². The molecule has 0 amide bonds. The van der Waals surface area contributed by atoms with E-state index in [2.05, 4.69) is 44.2 Å². The van der Waals surface area contributed by atoms with Gasteiger partial charge in [0.15, 0.2) is 0 Å². The summed E-state index contributed by atoms with van der Waals surface area (Å²) in [6.45, 7) is 6.54. The zero-order valence-corrected chi connectivity index (χ0v) is 15.8. The van der Waals surface area contributed by atoms with Crippen LogP contribution in [0.25, 0.3) is 11.6 Å². The molecule has 0 aromatic heterocycles. The van der Waals surface area contributed by atoms with Crippen LogP contribution in [-0.2, 0) is 5.41 Å². The van der Waals surface area contributed by atoms with Crippen molar-refractivity contribution in [3.05, 3.63) is 87.3 Å². The van der Waals surface area contributed by atoms with Crippen molar-refractivity contribution in [3.8, 4) is 0 Å². The van der Waals surface area contributed by atoms with Crippen molar-refractivity contribution in [1.29, 1.82) is 0 Å². The fourth-order valence-corrected chi connectivity index (χ4v) is 3.42. The van der Waals surface area contributed by atoms with Crippen molar-refractivity contribution in [2.45, 2.75) is 38.6 Å². The standard InChI is InChI=1S/C23H23NO3/c1-15-12-13-23(2,3)20-14-18(9-10-19(15)20)21(24-27)11-6-16-4-7-17(8-5-16)22(25)26/h4-12,14,21H,13H2,1-3H3,(H,25,26). The predicted octanol–water partition coefficient (Wildman–Crippen LogP) is 5.99. The van der Waals surface area contributed by atoms with Crippen LogP contribution in [0.1, 0.15) is 65.8 Å². The SMILES string of the molecule is CC1=CCC(C)(C)c2cc(C(C=Cc3ccc(C(=O)O)cc3)N=O)ccc21. The largest absolute Gasteiger partial charge is 0.478 e. The van der Waals surface area contributed by atoms with Gasteiger partial charge in [0.25, 0.3) is 0 Å². The van der Waals surface area contributed by atoms with Crippen LogP contribution in [0.5, 0.6) is 0 Å². The molecule has 1 atom stereocenters. The molecule has 138 valence electrons. The topological polar surface area (TPSA) is 66.7 Å². The summed E-state index contributed by atoms with van der Waals surface area (Å²) in [4.78, 5) is 22.4. The molecule has 4 nitrogen and oxygen atoms in total. The first-order valence-corrected chi connectivity index (χ1v) is 8.97. The Balaban J connectivity index is 1.89. The quantitative estimate of drug-likeness (QED) is 0.665. The number of aromatic carboxylic acids is 1. The Hall–Kier alpha value is -3.01. The number of nitroso groups, excluding NO2 is 1. The molecule has 4 heteroatoms. The minimum absolute atomic E-state index is 0.0225. The van der Waals surface area contributed by atoms with Crippen molar-refractivity contribution in [3.63, 3.8) is 0 Å². The molecule has 27 heavy (non-hydrogen) atoms. The number of carbonyl (C=O) groups is 1. The Labute approximate surface area is 159 Å². The van der Waals surface area contributed by atoms with Crippen molar-refractivity contribution < 1.29 is 9.90 Å². The second-order valence-electron chi connectivity index (χ2n) is 7.62. The van der Waals surface area contributed by atoms with Crippen molar-refractivity contribution in [1.82, 2.24) is 0 Å². The number of rotatable bonds is 5. The summed E-state index contributed by atoms with van der Waals surface area (Å²) >= 11 is 0. The zero-order chi connectivity index (χ0) is 19.6. The van der Waals surface area contributed by atoms with Crippen LogP contribution in [0, 0.1) is 4.91 Å². The number of benzene rings is 2. The molecule has 1 aliphatic rings. The van der Waals surface area contributed by atoms with E-state index in [-0.39, 0.29) is 11.0 Å². The number of fused-ring (bicyclic) bond motifs is 1. The summed E-state index contributed by atoms with van der Waals surface area (Å²) in [5, 5.41) is 12.2. The first-order chi connectivity index (χ1) is 12.8. The molecular formula is C23H23NO3. The molecule has 1 unspecified atom stereocenters. The molecule has 0 heterocycles. The van der Waals surface area contributed by atoms with Crippen LogP contribution in [0.2, 0.25) is 0 Å². The Kier molecular flexibility index (Phi) is 5.08. The summed E-state index contributed by atoms with van der Waals surface area (Å²) in [5.74, 6) is -0.959. The Morgan fingerprint density at radius 1 is 1.19 bits per heavy atom.